The third-order valence-electron chi connectivity index (χ3n) is 6.53. The minimum absolute atomic E-state index is 0.0917. The molecular formula is C22H29N3O4. The fraction of sp³-hybridized carbons (Fsp3) is 0.545. The molecule has 3 atom stereocenters. The van der Waals surface area contributed by atoms with E-state index in [1.807, 2.05) is 24.3 Å². The number of likely N-dealkylation sites (tertiary alicyclic amines) is 1. The zero-order valence-electron chi connectivity index (χ0n) is 16.8. The zero-order chi connectivity index (χ0) is 20.4. The van der Waals surface area contributed by atoms with Crippen molar-refractivity contribution in [1.29, 1.82) is 0 Å². The first kappa shape index (κ1) is 20.1. The molecular weight excluding hydrogens is 370 g/mol. The fourth-order valence-corrected chi connectivity index (χ4v) is 4.61. The second-order valence-corrected chi connectivity index (χ2v) is 8.18. The molecule has 4 rings (SSSR count). The molecule has 3 N–H and O–H groups in total. The van der Waals surface area contributed by atoms with Gasteiger partial charge < -0.3 is 20.3 Å². The Hall–Kier alpha value is -2.22. The summed E-state index contributed by atoms with van der Waals surface area (Å²) < 4.78 is 5.31. The number of carbonyl (C=O) groups is 1. The van der Waals surface area contributed by atoms with E-state index in [0.717, 1.165) is 48.3 Å². The summed E-state index contributed by atoms with van der Waals surface area (Å²) in [5.41, 5.74) is 1.63. The molecule has 1 aromatic heterocycles. The number of hydrogen-bond donors (Lipinski definition) is 3. The van der Waals surface area contributed by atoms with Gasteiger partial charge in [-0.05, 0) is 61.6 Å². The third-order valence-corrected chi connectivity index (χ3v) is 6.53. The van der Waals surface area contributed by atoms with Crippen LogP contribution in [0.2, 0.25) is 0 Å². The number of nitrogens with one attached hydrogen (secondary N) is 1. The topological polar surface area (TPSA) is 94.9 Å². The molecule has 2 aliphatic rings. The number of fused-ring (bicyclic) bond motifs is 1. The van der Waals surface area contributed by atoms with Gasteiger partial charge in [0.25, 0.3) is 0 Å². The van der Waals surface area contributed by atoms with Gasteiger partial charge in [0.2, 0.25) is 0 Å². The standard InChI is InChI=1S/C22H29N3O4/c1-29-16-3-4-20-18(10-16)17(6-8-24-20)21(26)5-2-14-7-9-25(15-11-23-12-15)13-19(14)22(27)28/h3-4,6,8,10,14-15,19,21,23,26H,2,5,7,9,11-13H2,1H3,(H,27,28)/t14-,19+,21?/m1/s1. The molecule has 2 aliphatic heterocycles. The summed E-state index contributed by atoms with van der Waals surface area (Å²) in [4.78, 5) is 18.6. The lowest BCUT2D eigenvalue weighted by atomic mass is 9.80. The fourth-order valence-electron chi connectivity index (χ4n) is 4.61. The summed E-state index contributed by atoms with van der Waals surface area (Å²) in [5, 5.41) is 24.8. The highest BCUT2D eigenvalue weighted by Crippen LogP contribution is 2.34. The van der Waals surface area contributed by atoms with E-state index in [9.17, 15) is 15.0 Å². The van der Waals surface area contributed by atoms with Crippen molar-refractivity contribution in [3.63, 3.8) is 0 Å². The quantitative estimate of drug-likeness (QED) is 0.656. The number of benzene rings is 1. The van der Waals surface area contributed by atoms with Gasteiger partial charge in [0.05, 0.1) is 24.6 Å². The Balaban J connectivity index is 1.44. The molecule has 7 heteroatoms. The van der Waals surface area contributed by atoms with E-state index in [4.69, 9.17) is 4.74 Å². The van der Waals surface area contributed by atoms with Crippen LogP contribution in [0.1, 0.15) is 30.9 Å². The van der Waals surface area contributed by atoms with Crippen LogP contribution in [0, 0.1) is 11.8 Å². The lowest BCUT2D eigenvalue weighted by Crippen LogP contribution is -2.60. The number of carboxylic acids is 1. The van der Waals surface area contributed by atoms with Gasteiger partial charge >= 0.3 is 5.97 Å². The minimum atomic E-state index is -0.722. The summed E-state index contributed by atoms with van der Waals surface area (Å²) in [6.07, 6.45) is 3.15. The second kappa shape index (κ2) is 8.65. The summed E-state index contributed by atoms with van der Waals surface area (Å²) in [6, 6.07) is 7.95. The predicted molar refractivity (Wildman–Crippen MR) is 110 cm³/mol. The van der Waals surface area contributed by atoms with Gasteiger partial charge in [-0.3, -0.25) is 14.7 Å². The van der Waals surface area contributed by atoms with E-state index in [1.165, 1.54) is 0 Å². The zero-order valence-corrected chi connectivity index (χ0v) is 16.8. The second-order valence-electron chi connectivity index (χ2n) is 8.18. The number of hydrogen-bond acceptors (Lipinski definition) is 6. The smallest absolute Gasteiger partial charge is 0.308 e. The molecule has 0 aliphatic carbocycles. The molecule has 29 heavy (non-hydrogen) atoms. The van der Waals surface area contributed by atoms with Crippen molar-refractivity contribution < 1.29 is 19.7 Å². The molecule has 2 aromatic rings. The summed E-state index contributed by atoms with van der Waals surface area (Å²) >= 11 is 0. The molecule has 0 bridgehead atoms. The number of aliphatic hydroxyl groups excluding tert-OH is 1. The van der Waals surface area contributed by atoms with E-state index < -0.39 is 12.1 Å². The molecule has 2 fully saturated rings. The Morgan fingerprint density at radius 1 is 1.38 bits per heavy atom. The van der Waals surface area contributed by atoms with Crippen LogP contribution in [0.15, 0.2) is 30.5 Å². The Labute approximate surface area is 170 Å². The molecule has 1 aromatic carbocycles. The molecule has 1 unspecified atom stereocenters. The molecule has 156 valence electrons. The highest BCUT2D eigenvalue weighted by Gasteiger charge is 2.38. The molecule has 0 spiro atoms. The van der Waals surface area contributed by atoms with Crippen molar-refractivity contribution in [3.05, 3.63) is 36.0 Å². The van der Waals surface area contributed by atoms with Gasteiger partial charge in [0, 0.05) is 37.3 Å². The number of aliphatic carboxylic acids is 1. The highest BCUT2D eigenvalue weighted by molar-refractivity contribution is 5.83. The predicted octanol–water partition coefficient (Wildman–Crippen LogP) is 2.05. The Morgan fingerprint density at radius 3 is 2.90 bits per heavy atom. The van der Waals surface area contributed by atoms with Gasteiger partial charge in [-0.2, -0.15) is 0 Å². The minimum Gasteiger partial charge on any atom is -0.497 e. The number of pyridine rings is 1. The Morgan fingerprint density at radius 2 is 2.21 bits per heavy atom. The lowest BCUT2D eigenvalue weighted by Gasteiger charge is -2.44. The number of piperidine rings is 1. The van der Waals surface area contributed by atoms with Crippen molar-refractivity contribution in [1.82, 2.24) is 15.2 Å². The first-order valence-electron chi connectivity index (χ1n) is 10.3. The monoisotopic (exact) mass is 399 g/mol. The normalized spacial score (nSPS) is 24.2. The molecule has 0 radical (unpaired) electrons. The number of ether oxygens (including phenoxy) is 1. The van der Waals surface area contributed by atoms with Crippen molar-refractivity contribution in [2.45, 2.75) is 31.4 Å². The van der Waals surface area contributed by atoms with Gasteiger partial charge in [-0.1, -0.05) is 0 Å². The van der Waals surface area contributed by atoms with Crippen LogP contribution in [-0.4, -0.2) is 65.4 Å². The number of aliphatic hydroxyl groups is 1. The number of carboxylic acid groups (broad SMARTS) is 1. The number of methoxy groups -OCH3 is 1. The maximum absolute atomic E-state index is 11.9. The molecule has 2 saturated heterocycles. The van der Waals surface area contributed by atoms with E-state index in [2.05, 4.69) is 15.2 Å². The largest absolute Gasteiger partial charge is 0.497 e. The number of aromatic nitrogens is 1. The number of nitrogens with zero attached hydrogens (tertiary/aromatic N) is 2. The molecule has 0 saturated carbocycles. The van der Waals surface area contributed by atoms with E-state index in [-0.39, 0.29) is 11.8 Å². The van der Waals surface area contributed by atoms with Crippen LogP contribution in [0.25, 0.3) is 10.9 Å². The van der Waals surface area contributed by atoms with Gasteiger partial charge in [-0.15, -0.1) is 0 Å². The maximum Gasteiger partial charge on any atom is 0.308 e. The maximum atomic E-state index is 11.9. The van der Waals surface area contributed by atoms with Crippen molar-refractivity contribution in [2.75, 3.05) is 33.3 Å². The average Bonchev–Trinajstić information content (AvgIpc) is 2.70. The SMILES string of the molecule is COc1ccc2nccc(C(O)CC[C@@H]3CCN(C4CNC4)C[C@@H]3C(=O)O)c2c1. The average molecular weight is 399 g/mol. The Bertz CT molecular complexity index is 870. The van der Waals surface area contributed by atoms with E-state index in [1.54, 1.807) is 13.3 Å². The summed E-state index contributed by atoms with van der Waals surface area (Å²) in [5.74, 6) is -0.275. The van der Waals surface area contributed by atoms with Crippen LogP contribution in [0.5, 0.6) is 5.75 Å². The first-order chi connectivity index (χ1) is 14.1. The lowest BCUT2D eigenvalue weighted by molar-refractivity contribution is -0.147. The summed E-state index contributed by atoms with van der Waals surface area (Å²) in [7, 11) is 1.62. The van der Waals surface area contributed by atoms with Crippen molar-refractivity contribution >= 4 is 16.9 Å². The van der Waals surface area contributed by atoms with Crippen molar-refractivity contribution in [2.24, 2.45) is 11.8 Å². The van der Waals surface area contributed by atoms with Crippen molar-refractivity contribution in [3.8, 4) is 5.75 Å². The Kier molecular flexibility index (Phi) is 5.99. The van der Waals surface area contributed by atoms with Crippen LogP contribution >= 0.6 is 0 Å². The van der Waals surface area contributed by atoms with Gasteiger partial charge in [0.15, 0.2) is 0 Å². The molecule has 3 heterocycles. The van der Waals surface area contributed by atoms with Crippen LogP contribution in [-0.2, 0) is 4.79 Å². The molecule has 7 nitrogen and oxygen atoms in total. The van der Waals surface area contributed by atoms with E-state index >= 15 is 0 Å². The van der Waals surface area contributed by atoms with Gasteiger partial charge in [0.1, 0.15) is 5.75 Å². The van der Waals surface area contributed by atoms with Crippen LogP contribution < -0.4 is 10.1 Å². The van der Waals surface area contributed by atoms with E-state index in [0.29, 0.717) is 25.4 Å². The van der Waals surface area contributed by atoms with Gasteiger partial charge in [-0.25, -0.2) is 0 Å². The first-order valence-corrected chi connectivity index (χ1v) is 10.3. The highest BCUT2D eigenvalue weighted by atomic mass is 16.5. The van der Waals surface area contributed by atoms with Crippen LogP contribution in [0.4, 0.5) is 0 Å². The molecule has 0 amide bonds. The van der Waals surface area contributed by atoms with Crippen LogP contribution in [0.3, 0.4) is 0 Å². The number of rotatable bonds is 7. The third kappa shape index (κ3) is 4.22. The summed E-state index contributed by atoms with van der Waals surface area (Å²) in [6.45, 7) is 3.45.